The number of ether oxygens (including phenoxy) is 4. The first kappa shape index (κ1) is 28.9. The van der Waals surface area contributed by atoms with Gasteiger partial charge >= 0.3 is 16.3 Å². The quantitative estimate of drug-likeness (QED) is 0.462. The molecular formula is C29H38N2O8S. The molecule has 11 heteroatoms. The van der Waals surface area contributed by atoms with Crippen molar-refractivity contribution in [2.45, 2.75) is 64.3 Å². The third-order valence-electron chi connectivity index (χ3n) is 7.72. The fourth-order valence-corrected chi connectivity index (χ4v) is 6.57. The highest BCUT2D eigenvalue weighted by molar-refractivity contribution is 7.84. The Morgan fingerprint density at radius 1 is 1.10 bits per heavy atom. The van der Waals surface area contributed by atoms with Gasteiger partial charge in [-0.05, 0) is 69.6 Å². The normalized spacial score (nSPS) is 22.7. The smallest absolute Gasteiger partial charge is 0.387 e. The van der Waals surface area contributed by atoms with Gasteiger partial charge in [0.2, 0.25) is 5.88 Å². The van der Waals surface area contributed by atoms with Crippen LogP contribution in [0, 0.1) is 12.8 Å². The largest absolute Gasteiger partial charge is 0.475 e. The minimum Gasteiger partial charge on any atom is -0.475 e. The molecule has 0 bridgehead atoms. The summed E-state index contributed by atoms with van der Waals surface area (Å²) in [6, 6.07) is 12.0. The predicted molar refractivity (Wildman–Crippen MR) is 147 cm³/mol. The zero-order valence-corrected chi connectivity index (χ0v) is 24.2. The third-order valence-corrected chi connectivity index (χ3v) is 9.09. The number of aromatic nitrogens is 1. The van der Waals surface area contributed by atoms with Gasteiger partial charge in [0, 0.05) is 37.9 Å². The first-order valence-electron chi connectivity index (χ1n) is 13.9. The van der Waals surface area contributed by atoms with Gasteiger partial charge in [0.1, 0.15) is 12.7 Å². The molecule has 1 aromatic carbocycles. The van der Waals surface area contributed by atoms with Gasteiger partial charge in [0.25, 0.3) is 0 Å². The fraction of sp³-hybridized carbons (Fsp3) is 0.586. The van der Waals surface area contributed by atoms with E-state index in [-0.39, 0.29) is 12.0 Å². The molecule has 40 heavy (non-hydrogen) atoms. The number of piperidine rings is 1. The lowest BCUT2D eigenvalue weighted by molar-refractivity contribution is -0.142. The summed E-state index contributed by atoms with van der Waals surface area (Å²) in [4.78, 5) is 17.1. The SMILES string of the molecule is Cc1cc(C2CCN(S(=O)(=O)OC(=O)C3CCOCC3)CC2)ccc1-c1cccc(OC[C@H]2COC(C)(C)O2)n1. The van der Waals surface area contributed by atoms with Crippen molar-refractivity contribution in [3.05, 3.63) is 47.5 Å². The van der Waals surface area contributed by atoms with Crippen LogP contribution in [0.15, 0.2) is 36.4 Å². The van der Waals surface area contributed by atoms with Crippen LogP contribution in [0.3, 0.4) is 0 Å². The predicted octanol–water partition coefficient (Wildman–Crippen LogP) is 3.98. The van der Waals surface area contributed by atoms with E-state index < -0.39 is 28.0 Å². The van der Waals surface area contributed by atoms with Gasteiger partial charge in [-0.1, -0.05) is 24.3 Å². The molecule has 4 heterocycles. The lowest BCUT2D eigenvalue weighted by Crippen LogP contribution is -2.41. The van der Waals surface area contributed by atoms with Crippen LogP contribution in [-0.2, 0) is 33.5 Å². The van der Waals surface area contributed by atoms with Crippen molar-refractivity contribution in [1.82, 2.24) is 9.29 Å². The van der Waals surface area contributed by atoms with Crippen LogP contribution in [0.25, 0.3) is 11.3 Å². The van der Waals surface area contributed by atoms with Crippen LogP contribution < -0.4 is 4.74 Å². The van der Waals surface area contributed by atoms with E-state index in [2.05, 4.69) is 25.1 Å². The first-order chi connectivity index (χ1) is 19.1. The monoisotopic (exact) mass is 574 g/mol. The van der Waals surface area contributed by atoms with E-state index in [1.165, 1.54) is 4.31 Å². The van der Waals surface area contributed by atoms with Crippen LogP contribution in [0.1, 0.15) is 56.6 Å². The third kappa shape index (κ3) is 7.01. The molecule has 5 rings (SSSR count). The van der Waals surface area contributed by atoms with E-state index in [9.17, 15) is 13.2 Å². The molecule has 1 aromatic heterocycles. The van der Waals surface area contributed by atoms with Crippen molar-refractivity contribution >= 4 is 16.3 Å². The molecule has 218 valence electrons. The van der Waals surface area contributed by atoms with Gasteiger partial charge in [0.15, 0.2) is 5.79 Å². The van der Waals surface area contributed by atoms with E-state index in [1.54, 1.807) is 0 Å². The molecule has 0 saturated carbocycles. The molecule has 10 nitrogen and oxygen atoms in total. The zero-order valence-electron chi connectivity index (χ0n) is 23.3. The molecule has 0 spiro atoms. The molecule has 3 saturated heterocycles. The number of carbonyl (C=O) groups is 1. The second kappa shape index (κ2) is 12.1. The van der Waals surface area contributed by atoms with Gasteiger partial charge in [-0.2, -0.15) is 12.7 Å². The van der Waals surface area contributed by atoms with E-state index in [4.69, 9.17) is 28.1 Å². The standard InChI is InChI=1S/C29H38N2O8S/c1-20-17-23(21-9-13-31(14-10-21)40(33,34)39-28(32)22-11-15-35-16-12-22)7-8-25(20)26-5-4-6-27(30-26)36-18-24-19-37-29(2,3)38-24/h4-8,17,21-22,24H,9-16,18-19H2,1-3H3/t24-/m0/s1. The molecule has 0 radical (unpaired) electrons. The number of rotatable bonds is 8. The Morgan fingerprint density at radius 3 is 2.52 bits per heavy atom. The molecule has 0 amide bonds. The number of nitrogens with zero attached hydrogens (tertiary/aromatic N) is 2. The fourth-order valence-electron chi connectivity index (χ4n) is 5.47. The van der Waals surface area contributed by atoms with Crippen LogP contribution in [0.4, 0.5) is 0 Å². The Hall–Kier alpha value is -2.57. The number of hydrogen-bond donors (Lipinski definition) is 0. The molecule has 3 aliphatic heterocycles. The molecule has 3 aliphatic rings. The van der Waals surface area contributed by atoms with Crippen LogP contribution in [0.2, 0.25) is 0 Å². The van der Waals surface area contributed by atoms with Crippen molar-refractivity contribution in [2.24, 2.45) is 5.92 Å². The van der Waals surface area contributed by atoms with Crippen LogP contribution in [0.5, 0.6) is 5.88 Å². The van der Waals surface area contributed by atoms with Gasteiger partial charge in [-0.15, -0.1) is 0 Å². The summed E-state index contributed by atoms with van der Waals surface area (Å²) in [5.74, 6) is -0.951. The molecular weight excluding hydrogens is 536 g/mol. The van der Waals surface area contributed by atoms with Crippen molar-refractivity contribution in [1.29, 1.82) is 0 Å². The summed E-state index contributed by atoms with van der Waals surface area (Å²) in [5, 5.41) is 0. The summed E-state index contributed by atoms with van der Waals surface area (Å²) in [6.07, 6.45) is 2.14. The van der Waals surface area contributed by atoms with Gasteiger partial charge < -0.3 is 23.1 Å². The average molecular weight is 575 g/mol. The molecule has 0 N–H and O–H groups in total. The molecule has 0 unspecified atom stereocenters. The second-order valence-electron chi connectivity index (χ2n) is 11.1. The maximum absolute atomic E-state index is 12.7. The lowest BCUT2D eigenvalue weighted by Gasteiger charge is -2.31. The lowest BCUT2D eigenvalue weighted by atomic mass is 9.88. The number of hydrogen-bond acceptors (Lipinski definition) is 9. The highest BCUT2D eigenvalue weighted by Gasteiger charge is 2.35. The number of benzene rings is 1. The topological polar surface area (TPSA) is 113 Å². The Kier molecular flexibility index (Phi) is 8.77. The zero-order chi connectivity index (χ0) is 28.3. The average Bonchev–Trinajstić information content (AvgIpc) is 3.30. The van der Waals surface area contributed by atoms with Gasteiger partial charge in [0.05, 0.1) is 18.2 Å². The number of aryl methyl sites for hydroxylation is 1. The maximum atomic E-state index is 12.7. The van der Waals surface area contributed by atoms with E-state index in [1.807, 2.05) is 32.0 Å². The molecule has 3 fully saturated rings. The molecule has 2 aromatic rings. The maximum Gasteiger partial charge on any atom is 0.387 e. The Morgan fingerprint density at radius 2 is 1.85 bits per heavy atom. The number of pyridine rings is 1. The Labute approximate surface area is 236 Å². The minimum atomic E-state index is -4.10. The highest BCUT2D eigenvalue weighted by Crippen LogP contribution is 2.33. The van der Waals surface area contributed by atoms with Crippen molar-refractivity contribution in [3.8, 4) is 17.1 Å². The minimum absolute atomic E-state index is 0.137. The summed E-state index contributed by atoms with van der Waals surface area (Å²) >= 11 is 0. The van der Waals surface area contributed by atoms with E-state index in [0.29, 0.717) is 71.1 Å². The summed E-state index contributed by atoms with van der Waals surface area (Å²) in [7, 11) is -4.10. The molecule has 1 atom stereocenters. The van der Waals surface area contributed by atoms with E-state index in [0.717, 1.165) is 22.4 Å². The van der Waals surface area contributed by atoms with E-state index >= 15 is 0 Å². The second-order valence-corrected chi connectivity index (χ2v) is 12.7. The van der Waals surface area contributed by atoms with Crippen molar-refractivity contribution in [2.75, 3.05) is 39.5 Å². The Bertz CT molecular complexity index is 1300. The van der Waals surface area contributed by atoms with Crippen LogP contribution >= 0.6 is 0 Å². The van der Waals surface area contributed by atoms with Crippen LogP contribution in [-0.4, -0.2) is 75.1 Å². The van der Waals surface area contributed by atoms with Gasteiger partial charge in [-0.25, -0.2) is 4.98 Å². The number of carbonyl (C=O) groups excluding carboxylic acids is 1. The Balaban J connectivity index is 1.17. The molecule has 0 aliphatic carbocycles. The van der Waals surface area contributed by atoms with Gasteiger partial charge in [-0.3, -0.25) is 4.79 Å². The highest BCUT2D eigenvalue weighted by atomic mass is 32.2. The summed E-state index contributed by atoms with van der Waals surface area (Å²) in [6.45, 7) is 8.18. The summed E-state index contributed by atoms with van der Waals surface area (Å²) < 4.78 is 54.3. The van der Waals surface area contributed by atoms with Crippen molar-refractivity contribution < 1.29 is 36.3 Å². The first-order valence-corrected chi connectivity index (χ1v) is 15.3. The summed E-state index contributed by atoms with van der Waals surface area (Å²) in [5.41, 5.74) is 4.07. The van der Waals surface area contributed by atoms with Crippen molar-refractivity contribution in [3.63, 3.8) is 0 Å².